The molecule has 1 amide bonds. The van der Waals surface area contributed by atoms with Crippen LogP contribution in [-0.2, 0) is 0 Å². The van der Waals surface area contributed by atoms with Gasteiger partial charge in [0.1, 0.15) is 12.5 Å². The van der Waals surface area contributed by atoms with Crippen LogP contribution in [0.25, 0.3) is 0 Å². The number of nitrogens with zero attached hydrogens (tertiary/aromatic N) is 5. The second-order valence-corrected chi connectivity index (χ2v) is 8.37. The third kappa shape index (κ3) is 3.79. The van der Waals surface area contributed by atoms with E-state index in [-0.39, 0.29) is 6.67 Å². The molecule has 2 aliphatic heterocycles. The van der Waals surface area contributed by atoms with Crippen LogP contribution in [0.15, 0.2) is 42.6 Å². The van der Waals surface area contributed by atoms with Crippen molar-refractivity contribution in [2.24, 2.45) is 0 Å². The summed E-state index contributed by atoms with van der Waals surface area (Å²) in [4.78, 5) is 24.1. The highest BCUT2D eigenvalue weighted by Gasteiger charge is 2.30. The Kier molecular flexibility index (Phi) is 5.51. The van der Waals surface area contributed by atoms with Crippen LogP contribution < -0.4 is 14.7 Å². The van der Waals surface area contributed by atoms with Crippen molar-refractivity contribution >= 4 is 29.0 Å². The summed E-state index contributed by atoms with van der Waals surface area (Å²) < 4.78 is 13.3. The second kappa shape index (κ2) is 8.10. The highest BCUT2D eigenvalue weighted by Crippen LogP contribution is 2.37. The topological polar surface area (TPSA) is 63.2 Å². The quantitative estimate of drug-likeness (QED) is 0.827. The Hall–Kier alpha value is -2.87. The van der Waals surface area contributed by atoms with Gasteiger partial charge in [-0.2, -0.15) is 0 Å². The Balaban J connectivity index is 1.48. The van der Waals surface area contributed by atoms with Gasteiger partial charge in [-0.25, -0.2) is 14.2 Å². The number of hydrogen-bond acceptors (Lipinski definition) is 5. The third-order valence-electron chi connectivity index (χ3n) is 6.08. The molecule has 0 aliphatic carbocycles. The molecule has 30 heavy (non-hydrogen) atoms. The lowest BCUT2D eigenvalue weighted by Gasteiger charge is -2.43. The fraction of sp³-hybridized carbons (Fsp3) is 0.455. The largest absolute Gasteiger partial charge is 0.465 e. The van der Waals surface area contributed by atoms with Crippen molar-refractivity contribution in [3.63, 3.8) is 0 Å². The van der Waals surface area contributed by atoms with Gasteiger partial charge in [0.2, 0.25) is 0 Å². The predicted molar refractivity (Wildman–Crippen MR) is 117 cm³/mol. The minimum Gasteiger partial charge on any atom is -0.465 e. The van der Waals surface area contributed by atoms with Gasteiger partial charge in [0, 0.05) is 44.8 Å². The Labute approximate surface area is 176 Å². The highest BCUT2D eigenvalue weighted by atomic mass is 19.1. The van der Waals surface area contributed by atoms with E-state index < -0.39 is 11.6 Å². The molecule has 8 heteroatoms. The normalized spacial score (nSPS) is 17.8. The van der Waals surface area contributed by atoms with Crippen LogP contribution >= 0.6 is 0 Å². The zero-order valence-electron chi connectivity index (χ0n) is 17.5. The van der Waals surface area contributed by atoms with Gasteiger partial charge in [0.05, 0.1) is 23.3 Å². The Morgan fingerprint density at radius 1 is 1.03 bits per heavy atom. The van der Waals surface area contributed by atoms with E-state index in [4.69, 9.17) is 0 Å². The summed E-state index contributed by atoms with van der Waals surface area (Å²) in [6.07, 6.45) is 0.929. The van der Waals surface area contributed by atoms with Gasteiger partial charge in [-0.15, -0.1) is 0 Å². The number of benzene rings is 1. The maximum Gasteiger partial charge on any atom is 0.411 e. The molecule has 2 aromatic rings. The first-order valence-electron chi connectivity index (χ1n) is 10.3. The SMILES string of the molecule is CC(C)(CF)N1CCN(c2ccc(N3CCN(C(=O)O)c4ccccc43)nc2)CC1. The van der Waals surface area contributed by atoms with Crippen molar-refractivity contribution in [1.29, 1.82) is 0 Å². The fourth-order valence-electron chi connectivity index (χ4n) is 4.18. The van der Waals surface area contributed by atoms with Crippen molar-refractivity contribution in [2.45, 2.75) is 19.4 Å². The molecule has 0 radical (unpaired) electrons. The summed E-state index contributed by atoms with van der Waals surface area (Å²) in [5.74, 6) is 0.799. The summed E-state index contributed by atoms with van der Waals surface area (Å²) in [5, 5.41) is 9.47. The van der Waals surface area contributed by atoms with Crippen LogP contribution in [-0.4, -0.2) is 72.6 Å². The number of halogens is 1. The number of aromatic nitrogens is 1. The average molecular weight is 413 g/mol. The van der Waals surface area contributed by atoms with Crippen LogP contribution in [0.1, 0.15) is 13.8 Å². The van der Waals surface area contributed by atoms with Gasteiger partial charge in [-0.05, 0) is 38.1 Å². The smallest absolute Gasteiger partial charge is 0.411 e. The lowest BCUT2D eigenvalue weighted by atomic mass is 10.0. The fourth-order valence-corrected chi connectivity index (χ4v) is 4.18. The lowest BCUT2D eigenvalue weighted by Crippen LogP contribution is -2.55. The van der Waals surface area contributed by atoms with Crippen LogP contribution in [0.3, 0.4) is 0 Å². The number of para-hydroxylation sites is 2. The van der Waals surface area contributed by atoms with E-state index >= 15 is 0 Å². The van der Waals surface area contributed by atoms with E-state index in [0.717, 1.165) is 43.4 Å². The molecule has 0 saturated carbocycles. The molecule has 7 nitrogen and oxygen atoms in total. The van der Waals surface area contributed by atoms with Crippen molar-refractivity contribution in [3.05, 3.63) is 42.6 Å². The van der Waals surface area contributed by atoms with Crippen molar-refractivity contribution < 1.29 is 14.3 Å². The number of anilines is 4. The monoisotopic (exact) mass is 413 g/mol. The number of piperazine rings is 1. The van der Waals surface area contributed by atoms with Crippen LogP contribution in [0, 0.1) is 0 Å². The number of rotatable bonds is 4. The van der Waals surface area contributed by atoms with Crippen molar-refractivity contribution in [3.8, 4) is 0 Å². The number of carboxylic acid groups (broad SMARTS) is 1. The molecular weight excluding hydrogens is 385 g/mol. The number of alkyl halides is 1. The molecular formula is C22H28FN5O2. The molecule has 1 fully saturated rings. The molecule has 0 unspecified atom stereocenters. The molecule has 1 saturated heterocycles. The first-order chi connectivity index (χ1) is 14.4. The van der Waals surface area contributed by atoms with Crippen LogP contribution in [0.5, 0.6) is 0 Å². The molecule has 4 rings (SSSR count). The first-order valence-corrected chi connectivity index (χ1v) is 10.3. The van der Waals surface area contributed by atoms with Crippen molar-refractivity contribution in [1.82, 2.24) is 9.88 Å². The molecule has 3 heterocycles. The maximum absolute atomic E-state index is 13.3. The summed E-state index contributed by atoms with van der Waals surface area (Å²) in [7, 11) is 0. The van der Waals surface area contributed by atoms with Gasteiger partial charge in [-0.1, -0.05) is 12.1 Å². The first kappa shape index (κ1) is 20.4. The Bertz CT molecular complexity index is 897. The molecule has 160 valence electrons. The number of amides is 1. The zero-order chi connectivity index (χ0) is 21.3. The van der Waals surface area contributed by atoms with Gasteiger partial charge in [-0.3, -0.25) is 9.80 Å². The van der Waals surface area contributed by atoms with Gasteiger partial charge in [0.15, 0.2) is 0 Å². The maximum atomic E-state index is 13.3. The summed E-state index contributed by atoms with van der Waals surface area (Å²) in [6.45, 7) is 7.80. The summed E-state index contributed by atoms with van der Waals surface area (Å²) in [6, 6.07) is 11.5. The summed E-state index contributed by atoms with van der Waals surface area (Å²) >= 11 is 0. The molecule has 0 spiro atoms. The summed E-state index contributed by atoms with van der Waals surface area (Å²) in [5.41, 5.74) is 2.15. The minimum atomic E-state index is -0.944. The second-order valence-electron chi connectivity index (χ2n) is 8.37. The molecule has 0 bridgehead atoms. The zero-order valence-corrected chi connectivity index (χ0v) is 17.5. The van der Waals surface area contributed by atoms with Crippen molar-refractivity contribution in [2.75, 3.05) is 60.6 Å². The van der Waals surface area contributed by atoms with E-state index in [1.54, 1.807) is 0 Å². The van der Waals surface area contributed by atoms with Gasteiger partial charge in [0.25, 0.3) is 0 Å². The molecule has 1 N–H and O–H groups in total. The van der Waals surface area contributed by atoms with Crippen LogP contribution in [0.4, 0.5) is 32.1 Å². The lowest BCUT2D eigenvalue weighted by molar-refractivity contribution is 0.0860. The average Bonchev–Trinajstić information content (AvgIpc) is 2.78. The van der Waals surface area contributed by atoms with E-state index in [1.807, 2.05) is 50.4 Å². The number of carbonyl (C=O) groups is 1. The number of hydrogen-bond donors (Lipinski definition) is 1. The van der Waals surface area contributed by atoms with Crippen LogP contribution in [0.2, 0.25) is 0 Å². The standard InChI is InChI=1S/C22H28FN5O2/c1-22(2,16-23)26-11-9-25(10-12-26)17-7-8-20(24-15-17)27-13-14-28(21(29)30)19-6-4-3-5-18(19)27/h3-8,15H,9-14,16H2,1-2H3,(H,29,30). The van der Waals surface area contributed by atoms with Gasteiger partial charge < -0.3 is 14.9 Å². The van der Waals surface area contributed by atoms with Gasteiger partial charge >= 0.3 is 6.09 Å². The van der Waals surface area contributed by atoms with E-state index in [9.17, 15) is 14.3 Å². The molecule has 0 atom stereocenters. The minimum absolute atomic E-state index is 0.347. The predicted octanol–water partition coefficient (Wildman–Crippen LogP) is 3.59. The number of pyridine rings is 1. The highest BCUT2D eigenvalue weighted by molar-refractivity contribution is 5.93. The van der Waals surface area contributed by atoms with E-state index in [2.05, 4.69) is 25.8 Å². The third-order valence-corrected chi connectivity index (χ3v) is 6.08. The Morgan fingerprint density at radius 3 is 2.33 bits per heavy atom. The number of fused-ring (bicyclic) bond motifs is 1. The van der Waals surface area contributed by atoms with E-state index in [0.29, 0.717) is 18.8 Å². The van der Waals surface area contributed by atoms with E-state index in [1.165, 1.54) is 4.90 Å². The Morgan fingerprint density at radius 2 is 1.73 bits per heavy atom. The molecule has 2 aliphatic rings. The molecule has 1 aromatic carbocycles. The molecule has 1 aromatic heterocycles.